The van der Waals surface area contributed by atoms with Gasteiger partial charge in [0.2, 0.25) is 0 Å². The number of hydrogen-bond donors (Lipinski definition) is 3. The lowest BCUT2D eigenvalue weighted by Crippen LogP contribution is -2.24. The Morgan fingerprint density at radius 1 is 1.33 bits per heavy atom. The molecule has 0 aliphatic heterocycles. The topological polar surface area (TPSA) is 95.1 Å². The maximum atomic E-state index is 11.7. The summed E-state index contributed by atoms with van der Waals surface area (Å²) in [6.45, 7) is 2.41. The summed E-state index contributed by atoms with van der Waals surface area (Å²) in [5.74, 6) is -0.870. The molecule has 0 atom stereocenters. The fourth-order valence-electron chi connectivity index (χ4n) is 1.63. The molecule has 0 spiro atoms. The first kappa shape index (κ1) is 14.2. The van der Waals surface area contributed by atoms with E-state index in [1.807, 2.05) is 0 Å². The molecule has 0 aliphatic carbocycles. The maximum Gasteiger partial charge on any atom is 0.303 e. The van der Waals surface area contributed by atoms with E-state index in [0.717, 1.165) is 25.0 Å². The summed E-state index contributed by atoms with van der Waals surface area (Å²) < 4.78 is 0. The quantitative estimate of drug-likeness (QED) is 0.611. The molecule has 1 rings (SSSR count). The molecule has 6 heteroatoms. The van der Waals surface area contributed by atoms with Crippen LogP contribution in [0.15, 0.2) is 6.20 Å². The summed E-state index contributed by atoms with van der Waals surface area (Å²) in [4.78, 5) is 21.9. The first-order chi connectivity index (χ1) is 8.61. The molecule has 18 heavy (non-hydrogen) atoms. The van der Waals surface area contributed by atoms with E-state index in [9.17, 15) is 9.59 Å². The molecule has 0 fully saturated rings. The van der Waals surface area contributed by atoms with Gasteiger partial charge in [0.15, 0.2) is 0 Å². The number of amides is 1. The highest BCUT2D eigenvalue weighted by Crippen LogP contribution is 2.04. The summed E-state index contributed by atoms with van der Waals surface area (Å²) in [5.41, 5.74) is 1.33. The monoisotopic (exact) mass is 253 g/mol. The lowest BCUT2D eigenvalue weighted by Gasteiger charge is -2.04. The van der Waals surface area contributed by atoms with Gasteiger partial charge >= 0.3 is 5.97 Å². The smallest absolute Gasteiger partial charge is 0.303 e. The number of hydrogen-bond acceptors (Lipinski definition) is 3. The van der Waals surface area contributed by atoms with E-state index in [4.69, 9.17) is 5.11 Å². The molecule has 1 aromatic heterocycles. The van der Waals surface area contributed by atoms with Gasteiger partial charge in [-0.2, -0.15) is 5.10 Å². The Balaban J connectivity index is 2.06. The van der Waals surface area contributed by atoms with Crippen LogP contribution >= 0.6 is 0 Å². The van der Waals surface area contributed by atoms with Crippen molar-refractivity contribution in [1.82, 2.24) is 15.5 Å². The first-order valence-electron chi connectivity index (χ1n) is 6.11. The molecule has 0 saturated carbocycles. The summed E-state index contributed by atoms with van der Waals surface area (Å²) in [7, 11) is 0. The Morgan fingerprint density at radius 3 is 2.67 bits per heavy atom. The minimum absolute atomic E-state index is 0.119. The maximum absolute atomic E-state index is 11.7. The van der Waals surface area contributed by atoms with Crippen molar-refractivity contribution in [3.05, 3.63) is 17.5 Å². The van der Waals surface area contributed by atoms with Gasteiger partial charge in [0, 0.05) is 18.7 Å². The Morgan fingerprint density at radius 2 is 2.06 bits per heavy atom. The SMILES string of the molecule is Cc1[nH]ncc1C(=O)NCCCCCCC(=O)O. The number of carboxylic acid groups (broad SMARTS) is 1. The van der Waals surface area contributed by atoms with Gasteiger partial charge < -0.3 is 10.4 Å². The molecule has 1 aromatic rings. The number of carbonyl (C=O) groups excluding carboxylic acids is 1. The molecule has 6 nitrogen and oxygen atoms in total. The summed E-state index contributed by atoms with van der Waals surface area (Å²) in [6.07, 6.45) is 5.11. The van der Waals surface area contributed by atoms with Crippen LogP contribution < -0.4 is 5.32 Å². The molecule has 0 saturated heterocycles. The van der Waals surface area contributed by atoms with Gasteiger partial charge in [-0.1, -0.05) is 12.8 Å². The van der Waals surface area contributed by atoms with Crippen LogP contribution in [0.3, 0.4) is 0 Å². The number of aromatic amines is 1. The van der Waals surface area contributed by atoms with Crippen molar-refractivity contribution in [2.75, 3.05) is 6.54 Å². The van der Waals surface area contributed by atoms with Crippen LogP contribution in [0.2, 0.25) is 0 Å². The van der Waals surface area contributed by atoms with Gasteiger partial charge in [-0.05, 0) is 19.8 Å². The number of unbranched alkanes of at least 4 members (excludes halogenated alkanes) is 3. The van der Waals surface area contributed by atoms with Gasteiger partial charge in [-0.15, -0.1) is 0 Å². The second-order valence-corrected chi connectivity index (χ2v) is 4.22. The van der Waals surface area contributed by atoms with E-state index >= 15 is 0 Å². The van der Waals surface area contributed by atoms with Gasteiger partial charge in [-0.25, -0.2) is 0 Å². The number of aryl methyl sites for hydroxylation is 1. The van der Waals surface area contributed by atoms with Crippen molar-refractivity contribution in [1.29, 1.82) is 0 Å². The Hall–Kier alpha value is -1.85. The van der Waals surface area contributed by atoms with Gasteiger partial charge in [-0.3, -0.25) is 14.7 Å². The third-order valence-corrected chi connectivity index (χ3v) is 2.68. The number of rotatable bonds is 8. The number of aliphatic carboxylic acids is 1. The van der Waals surface area contributed by atoms with Crippen LogP contribution in [0.5, 0.6) is 0 Å². The second-order valence-electron chi connectivity index (χ2n) is 4.22. The zero-order valence-electron chi connectivity index (χ0n) is 10.5. The van der Waals surface area contributed by atoms with Crippen molar-refractivity contribution in [3.8, 4) is 0 Å². The van der Waals surface area contributed by atoms with E-state index in [2.05, 4.69) is 15.5 Å². The lowest BCUT2D eigenvalue weighted by atomic mass is 10.1. The van der Waals surface area contributed by atoms with Crippen LogP contribution in [0, 0.1) is 6.92 Å². The summed E-state index contributed by atoms with van der Waals surface area (Å²) in [5, 5.41) is 17.8. The fraction of sp³-hybridized carbons (Fsp3) is 0.583. The average molecular weight is 253 g/mol. The molecular weight excluding hydrogens is 234 g/mol. The minimum atomic E-state index is -0.751. The van der Waals surface area contributed by atoms with Gasteiger partial charge in [0.1, 0.15) is 0 Å². The van der Waals surface area contributed by atoms with Gasteiger partial charge in [0.25, 0.3) is 5.91 Å². The minimum Gasteiger partial charge on any atom is -0.481 e. The molecule has 0 aliphatic rings. The van der Waals surface area contributed by atoms with Crippen LogP contribution in [-0.2, 0) is 4.79 Å². The van der Waals surface area contributed by atoms with Crippen molar-refractivity contribution >= 4 is 11.9 Å². The highest BCUT2D eigenvalue weighted by atomic mass is 16.4. The van der Waals surface area contributed by atoms with Crippen molar-refractivity contribution in [2.45, 2.75) is 39.0 Å². The van der Waals surface area contributed by atoms with Gasteiger partial charge in [0.05, 0.1) is 11.8 Å². The lowest BCUT2D eigenvalue weighted by molar-refractivity contribution is -0.137. The van der Waals surface area contributed by atoms with E-state index in [1.165, 1.54) is 6.20 Å². The molecule has 1 heterocycles. The molecular formula is C12H19N3O3. The third kappa shape index (κ3) is 4.99. The zero-order valence-corrected chi connectivity index (χ0v) is 10.5. The zero-order chi connectivity index (χ0) is 13.4. The van der Waals surface area contributed by atoms with Crippen molar-refractivity contribution < 1.29 is 14.7 Å². The standard InChI is InChI=1S/C12H19N3O3/c1-9-10(8-14-15-9)12(18)13-7-5-3-2-4-6-11(16)17/h8H,2-7H2,1H3,(H,13,18)(H,14,15)(H,16,17). The number of H-pyrrole nitrogens is 1. The van der Waals surface area contributed by atoms with Crippen LogP contribution in [-0.4, -0.2) is 33.7 Å². The number of nitrogens with one attached hydrogen (secondary N) is 2. The van der Waals surface area contributed by atoms with Crippen LogP contribution in [0.1, 0.15) is 48.2 Å². The number of aromatic nitrogens is 2. The van der Waals surface area contributed by atoms with E-state index in [-0.39, 0.29) is 12.3 Å². The predicted octanol–water partition coefficient (Wildman–Crippen LogP) is 1.48. The third-order valence-electron chi connectivity index (χ3n) is 2.68. The second kappa shape index (κ2) is 7.47. The fourth-order valence-corrected chi connectivity index (χ4v) is 1.63. The molecule has 0 aromatic carbocycles. The highest BCUT2D eigenvalue weighted by Gasteiger charge is 2.09. The highest BCUT2D eigenvalue weighted by molar-refractivity contribution is 5.94. The number of nitrogens with zero attached hydrogens (tertiary/aromatic N) is 1. The van der Waals surface area contributed by atoms with Crippen LogP contribution in [0.25, 0.3) is 0 Å². The number of carboxylic acids is 1. The molecule has 0 unspecified atom stereocenters. The molecule has 0 bridgehead atoms. The molecule has 1 amide bonds. The Labute approximate surface area is 106 Å². The van der Waals surface area contributed by atoms with E-state index in [1.54, 1.807) is 6.92 Å². The average Bonchev–Trinajstić information content (AvgIpc) is 2.73. The van der Waals surface area contributed by atoms with Crippen molar-refractivity contribution in [2.24, 2.45) is 0 Å². The normalized spacial score (nSPS) is 10.3. The molecule has 0 radical (unpaired) electrons. The summed E-state index contributed by atoms with van der Waals surface area (Å²) >= 11 is 0. The molecule has 3 N–H and O–H groups in total. The Bertz CT molecular complexity index is 401. The largest absolute Gasteiger partial charge is 0.481 e. The van der Waals surface area contributed by atoms with Crippen LogP contribution in [0.4, 0.5) is 0 Å². The molecule has 100 valence electrons. The van der Waals surface area contributed by atoms with Crippen molar-refractivity contribution in [3.63, 3.8) is 0 Å². The van der Waals surface area contributed by atoms with E-state index in [0.29, 0.717) is 18.5 Å². The first-order valence-corrected chi connectivity index (χ1v) is 6.11. The predicted molar refractivity (Wildman–Crippen MR) is 66.4 cm³/mol. The Kier molecular flexibility index (Phi) is 5.90. The van der Waals surface area contributed by atoms with E-state index < -0.39 is 5.97 Å². The number of carbonyl (C=O) groups is 2. The summed E-state index contributed by atoms with van der Waals surface area (Å²) in [6, 6.07) is 0.